The molecule has 0 N–H and O–H groups in total. The first-order chi connectivity index (χ1) is 23.5. The first-order valence-corrected chi connectivity index (χ1v) is 23.5. The molecule has 0 fully saturated rings. The Balaban J connectivity index is -0.0000000436. The van der Waals surface area contributed by atoms with Crippen LogP contribution < -0.4 is 0 Å². The first-order valence-electron chi connectivity index (χ1n) is 20.3. The topological polar surface area (TPSA) is 17.1 Å². The molecule has 0 spiro atoms. The maximum absolute atomic E-state index is 9.44. The fraction of sp³-hybridized carbons (Fsp3) is 0.976. The highest BCUT2D eigenvalue weighted by Crippen LogP contribution is 1.98. The van der Waals surface area contributed by atoms with E-state index in [0.717, 1.165) is 0 Å². The van der Waals surface area contributed by atoms with Crippen molar-refractivity contribution in [2.75, 3.05) is 16.0 Å². The van der Waals surface area contributed by atoms with E-state index in [1.165, 1.54) is 168 Å². The van der Waals surface area contributed by atoms with Crippen LogP contribution in [0.1, 0.15) is 251 Å². The number of unbranched alkanes of at least 4 members (excludes halogenated alkanes) is 18. The second-order valence-corrected chi connectivity index (χ2v) is 13.9. The molecule has 0 aliphatic heterocycles. The fourth-order valence-corrected chi connectivity index (χ4v) is 3.00. The molecular formula is C42H96Cl6O. The van der Waals surface area contributed by atoms with Crippen molar-refractivity contribution in [2.45, 2.75) is 251 Å². The van der Waals surface area contributed by atoms with Crippen LogP contribution in [0.25, 0.3) is 0 Å². The number of Topliss-reactive ketones (excluding diaryl/α,β-unsaturated/α-hetero) is 1. The third kappa shape index (κ3) is 295. The number of hydrogen-bond acceptors (Lipinski definition) is 1. The molecule has 0 rings (SSSR count). The van der Waals surface area contributed by atoms with Crippen LogP contribution in [0.15, 0.2) is 0 Å². The van der Waals surface area contributed by atoms with Gasteiger partial charge in [-0.25, -0.2) is 0 Å². The molecule has 0 atom stereocenters. The summed E-state index contributed by atoms with van der Waals surface area (Å²) >= 11 is 28.6. The second kappa shape index (κ2) is 117. The van der Waals surface area contributed by atoms with Crippen LogP contribution in [0.3, 0.4) is 0 Å². The molecule has 0 unspecified atom stereocenters. The van der Waals surface area contributed by atoms with Gasteiger partial charge >= 0.3 is 0 Å². The molecule has 0 aromatic carbocycles. The average Bonchev–Trinajstić information content (AvgIpc) is 3.08. The summed E-state index contributed by atoms with van der Waals surface area (Å²) in [6, 6.07) is 0. The number of halogens is 6. The molecule has 312 valence electrons. The molecular weight excluding hydrogens is 733 g/mol. The van der Waals surface area contributed by atoms with Crippen molar-refractivity contribution < 1.29 is 4.79 Å². The van der Waals surface area contributed by atoms with Crippen molar-refractivity contribution >= 4 is 75.4 Å². The van der Waals surface area contributed by atoms with E-state index in [0.29, 0.717) is 0 Å². The quantitative estimate of drug-likeness (QED) is 0.0993. The lowest BCUT2D eigenvalue weighted by atomic mass is 10.2. The van der Waals surface area contributed by atoms with Crippen LogP contribution in [0.5, 0.6) is 0 Å². The molecule has 7 heteroatoms. The molecule has 0 amide bonds. The smallest absolute Gasteiger partial charge is 0.126 e. The highest BCUT2D eigenvalue weighted by atomic mass is 35.5. The minimum atomic E-state index is 0.167. The predicted molar refractivity (Wildman–Crippen MR) is 245 cm³/mol. The Hall–Kier alpha value is 1.41. The van der Waals surface area contributed by atoms with Crippen LogP contribution in [0.4, 0.5) is 0 Å². The zero-order valence-corrected chi connectivity index (χ0v) is 40.8. The number of carbonyl (C=O) groups excluding carboxylic acids is 1. The van der Waals surface area contributed by atoms with Crippen molar-refractivity contribution in [1.82, 2.24) is 0 Å². The summed E-state index contributed by atoms with van der Waals surface area (Å²) in [5.41, 5.74) is 0. The lowest BCUT2D eigenvalue weighted by Gasteiger charge is -1.86. The Labute approximate surface area is 345 Å². The van der Waals surface area contributed by atoms with E-state index in [2.05, 4.69) is 83.1 Å². The highest BCUT2D eigenvalue weighted by Gasteiger charge is 1.78. The van der Waals surface area contributed by atoms with Gasteiger partial charge in [-0.05, 0) is 13.8 Å². The Morgan fingerprint density at radius 3 is 0.327 bits per heavy atom. The molecule has 0 aliphatic carbocycles. The van der Waals surface area contributed by atoms with Crippen LogP contribution in [0.2, 0.25) is 0 Å². The van der Waals surface area contributed by atoms with Crippen LogP contribution >= 0.6 is 69.6 Å². The highest BCUT2D eigenvalue weighted by molar-refractivity contribution is 6.41. The molecule has 0 saturated heterocycles. The Morgan fingerprint density at radius 1 is 0.265 bits per heavy atom. The molecule has 0 radical (unpaired) electrons. The fourth-order valence-electron chi connectivity index (χ4n) is 3.00. The SMILES string of the molecule is CC(C)=O.CCCCCC.CCCCCC.CCCCCC.CCCCCC.CCCCCC.CCCCCC.ClCCl.ClCCl.ClCCl. The van der Waals surface area contributed by atoms with Gasteiger partial charge in [-0.3, -0.25) is 0 Å². The van der Waals surface area contributed by atoms with Gasteiger partial charge in [-0.2, -0.15) is 0 Å². The van der Waals surface area contributed by atoms with Crippen molar-refractivity contribution in [2.24, 2.45) is 0 Å². The van der Waals surface area contributed by atoms with Gasteiger partial charge in [0.25, 0.3) is 0 Å². The van der Waals surface area contributed by atoms with Gasteiger partial charge in [0.05, 0.1) is 16.0 Å². The predicted octanol–water partition coefficient (Wildman–Crippen LogP) is 20.4. The minimum absolute atomic E-state index is 0.167. The summed E-state index contributed by atoms with van der Waals surface area (Å²) in [4.78, 5) is 9.44. The van der Waals surface area contributed by atoms with E-state index in [-0.39, 0.29) is 21.8 Å². The summed E-state index contributed by atoms with van der Waals surface area (Å²) < 4.78 is 0. The van der Waals surface area contributed by atoms with Crippen LogP contribution in [-0.2, 0) is 4.79 Å². The van der Waals surface area contributed by atoms with E-state index in [1.54, 1.807) is 0 Å². The average molecular weight is 830 g/mol. The van der Waals surface area contributed by atoms with Gasteiger partial charge in [0.15, 0.2) is 0 Å². The summed E-state index contributed by atoms with van der Waals surface area (Å²) in [5, 5.41) is 0.583. The van der Waals surface area contributed by atoms with E-state index in [9.17, 15) is 4.79 Å². The van der Waals surface area contributed by atoms with Crippen LogP contribution in [0, 0.1) is 0 Å². The molecule has 0 heterocycles. The number of rotatable bonds is 18. The van der Waals surface area contributed by atoms with E-state index in [4.69, 9.17) is 69.6 Å². The maximum Gasteiger partial charge on any atom is 0.126 e. The Kier molecular flexibility index (Phi) is 181. The summed E-state index contributed by atoms with van der Waals surface area (Å²) in [6.07, 6.45) is 33.2. The van der Waals surface area contributed by atoms with Gasteiger partial charge in [-0.1, -0.05) is 237 Å². The van der Waals surface area contributed by atoms with E-state index >= 15 is 0 Å². The maximum atomic E-state index is 9.44. The number of carbonyl (C=O) groups is 1. The molecule has 0 aromatic heterocycles. The lowest BCUT2D eigenvalue weighted by molar-refractivity contribution is -0.115. The summed E-state index contributed by atoms with van der Waals surface area (Å²) in [6.45, 7) is 29.8. The van der Waals surface area contributed by atoms with E-state index < -0.39 is 0 Å². The Bertz CT molecular complexity index is 267. The molecule has 0 bridgehead atoms. The first kappa shape index (κ1) is 75.4. The third-order valence-electron chi connectivity index (χ3n) is 5.74. The number of ketones is 1. The van der Waals surface area contributed by atoms with Gasteiger partial charge in [-0.15, -0.1) is 69.6 Å². The zero-order chi connectivity index (χ0) is 40.7. The second-order valence-electron chi connectivity index (χ2n) is 11.5. The third-order valence-corrected chi connectivity index (χ3v) is 5.74. The van der Waals surface area contributed by atoms with Crippen molar-refractivity contribution in [1.29, 1.82) is 0 Å². The van der Waals surface area contributed by atoms with Crippen molar-refractivity contribution in [3.63, 3.8) is 0 Å². The van der Waals surface area contributed by atoms with Gasteiger partial charge in [0.2, 0.25) is 0 Å². The summed E-state index contributed by atoms with van der Waals surface area (Å²) in [5.74, 6) is 0.167. The molecule has 0 saturated carbocycles. The molecule has 1 nitrogen and oxygen atoms in total. The summed E-state index contributed by atoms with van der Waals surface area (Å²) in [7, 11) is 0. The largest absolute Gasteiger partial charge is 0.300 e. The molecule has 49 heavy (non-hydrogen) atoms. The number of alkyl halides is 6. The van der Waals surface area contributed by atoms with Crippen LogP contribution in [-0.4, -0.2) is 21.8 Å². The number of hydrogen-bond donors (Lipinski definition) is 0. The molecule has 0 aliphatic rings. The molecule has 0 aromatic rings. The van der Waals surface area contributed by atoms with Gasteiger partial charge in [0, 0.05) is 0 Å². The lowest BCUT2D eigenvalue weighted by Crippen LogP contribution is -1.69. The monoisotopic (exact) mass is 827 g/mol. The minimum Gasteiger partial charge on any atom is -0.300 e. The zero-order valence-electron chi connectivity index (χ0n) is 36.3. The van der Waals surface area contributed by atoms with E-state index in [1.807, 2.05) is 0 Å². The van der Waals surface area contributed by atoms with Crippen molar-refractivity contribution in [3.8, 4) is 0 Å². The van der Waals surface area contributed by atoms with Crippen molar-refractivity contribution in [3.05, 3.63) is 0 Å². The Morgan fingerprint density at radius 2 is 0.306 bits per heavy atom. The normalized spacial score (nSPS) is 8.24. The van der Waals surface area contributed by atoms with Gasteiger partial charge < -0.3 is 4.79 Å². The standard InChI is InChI=1S/6C6H14.C3H6O.3CH2Cl2/c6*1-3-5-6-4-2;1-3(2)4;3*2-1-3/h6*3-6H2,1-2H3;1-2H3;3*1H2. The van der Waals surface area contributed by atoms with Gasteiger partial charge in [0.1, 0.15) is 5.78 Å².